The standard InChI is InChI=1S/C8H7Cl2NO2/c1-13-8(12)6-5(11)3-2-4(9)7(6)10/h2-3H,11H2,1H3. The number of esters is 1. The van der Waals surface area contributed by atoms with Gasteiger partial charge in [-0.05, 0) is 12.1 Å². The Labute approximate surface area is 85.4 Å². The number of rotatable bonds is 1. The molecule has 0 bridgehead atoms. The lowest BCUT2D eigenvalue weighted by atomic mass is 10.2. The molecule has 0 saturated heterocycles. The summed E-state index contributed by atoms with van der Waals surface area (Å²) < 4.78 is 4.49. The number of nitrogens with two attached hydrogens (primary N) is 1. The predicted octanol–water partition coefficient (Wildman–Crippen LogP) is 2.36. The zero-order valence-electron chi connectivity index (χ0n) is 6.80. The van der Waals surface area contributed by atoms with Crippen LogP contribution in [0.1, 0.15) is 10.4 Å². The Hall–Kier alpha value is -0.930. The first-order valence-electron chi connectivity index (χ1n) is 3.39. The topological polar surface area (TPSA) is 52.3 Å². The van der Waals surface area contributed by atoms with Crippen molar-refractivity contribution < 1.29 is 9.53 Å². The lowest BCUT2D eigenvalue weighted by Crippen LogP contribution is -2.06. The van der Waals surface area contributed by atoms with E-state index in [1.807, 2.05) is 0 Å². The number of hydrogen-bond donors (Lipinski definition) is 1. The summed E-state index contributed by atoms with van der Waals surface area (Å²) in [6.45, 7) is 0. The molecule has 0 aliphatic carbocycles. The van der Waals surface area contributed by atoms with Gasteiger partial charge >= 0.3 is 5.97 Å². The lowest BCUT2D eigenvalue weighted by molar-refractivity contribution is 0.0602. The summed E-state index contributed by atoms with van der Waals surface area (Å²) in [4.78, 5) is 11.2. The fourth-order valence-electron chi connectivity index (χ4n) is 0.875. The van der Waals surface area contributed by atoms with Crippen molar-refractivity contribution in [2.45, 2.75) is 0 Å². The molecule has 3 nitrogen and oxygen atoms in total. The van der Waals surface area contributed by atoms with Gasteiger partial charge in [0.05, 0.1) is 17.2 Å². The van der Waals surface area contributed by atoms with Gasteiger partial charge in [0.2, 0.25) is 0 Å². The zero-order valence-corrected chi connectivity index (χ0v) is 8.32. The summed E-state index contributed by atoms with van der Waals surface area (Å²) in [7, 11) is 1.25. The normalized spacial score (nSPS) is 9.77. The van der Waals surface area contributed by atoms with Crippen molar-refractivity contribution in [3.05, 3.63) is 27.7 Å². The highest BCUT2D eigenvalue weighted by Crippen LogP contribution is 2.30. The van der Waals surface area contributed by atoms with Crippen molar-refractivity contribution in [1.82, 2.24) is 0 Å². The van der Waals surface area contributed by atoms with Crippen LogP contribution in [0.2, 0.25) is 10.0 Å². The molecule has 0 spiro atoms. The maximum atomic E-state index is 11.2. The third-order valence-corrected chi connectivity index (χ3v) is 2.32. The van der Waals surface area contributed by atoms with Gasteiger partial charge in [-0.2, -0.15) is 0 Å². The van der Waals surface area contributed by atoms with E-state index in [2.05, 4.69) is 4.74 Å². The van der Waals surface area contributed by atoms with Gasteiger partial charge in [-0.15, -0.1) is 0 Å². The van der Waals surface area contributed by atoms with Crippen molar-refractivity contribution in [1.29, 1.82) is 0 Å². The maximum Gasteiger partial charge on any atom is 0.341 e. The van der Waals surface area contributed by atoms with Crippen LogP contribution in [0, 0.1) is 0 Å². The molecule has 0 amide bonds. The van der Waals surface area contributed by atoms with Gasteiger partial charge in [0.1, 0.15) is 5.56 Å². The van der Waals surface area contributed by atoms with Gasteiger partial charge in [-0.1, -0.05) is 23.2 Å². The Morgan fingerprint density at radius 2 is 2.08 bits per heavy atom. The molecule has 0 aliphatic rings. The molecule has 2 N–H and O–H groups in total. The molecular weight excluding hydrogens is 213 g/mol. The van der Waals surface area contributed by atoms with E-state index < -0.39 is 5.97 Å². The molecule has 0 unspecified atom stereocenters. The number of hydrogen-bond acceptors (Lipinski definition) is 3. The molecule has 70 valence electrons. The van der Waals surface area contributed by atoms with Gasteiger partial charge in [0, 0.05) is 5.69 Å². The average molecular weight is 220 g/mol. The zero-order chi connectivity index (χ0) is 10.0. The molecule has 0 radical (unpaired) electrons. The maximum absolute atomic E-state index is 11.2. The summed E-state index contributed by atoms with van der Waals surface area (Å²) in [6.07, 6.45) is 0. The number of methoxy groups -OCH3 is 1. The fraction of sp³-hybridized carbons (Fsp3) is 0.125. The molecule has 1 aromatic rings. The molecule has 13 heavy (non-hydrogen) atoms. The van der Waals surface area contributed by atoms with Crippen LogP contribution in [-0.2, 0) is 4.74 Å². The first kappa shape index (κ1) is 10.2. The van der Waals surface area contributed by atoms with Crippen molar-refractivity contribution in [2.24, 2.45) is 0 Å². The second-order valence-electron chi connectivity index (χ2n) is 2.32. The third-order valence-electron chi connectivity index (χ3n) is 1.52. The number of carbonyl (C=O) groups is 1. The molecule has 1 rings (SSSR count). The summed E-state index contributed by atoms with van der Waals surface area (Å²) >= 11 is 11.5. The Morgan fingerprint density at radius 1 is 1.46 bits per heavy atom. The Morgan fingerprint density at radius 3 is 2.62 bits per heavy atom. The number of benzene rings is 1. The summed E-state index contributed by atoms with van der Waals surface area (Å²) in [6, 6.07) is 3.02. The number of ether oxygens (including phenoxy) is 1. The van der Waals surface area contributed by atoms with Crippen LogP contribution < -0.4 is 5.73 Å². The van der Waals surface area contributed by atoms with Crippen LogP contribution in [0.5, 0.6) is 0 Å². The molecule has 0 heterocycles. The van der Waals surface area contributed by atoms with E-state index in [1.54, 1.807) is 0 Å². The SMILES string of the molecule is COC(=O)c1c(N)ccc(Cl)c1Cl. The summed E-state index contributed by atoms with van der Waals surface area (Å²) in [5.74, 6) is -0.593. The largest absolute Gasteiger partial charge is 0.465 e. The van der Waals surface area contributed by atoms with E-state index in [9.17, 15) is 4.79 Å². The molecule has 0 aliphatic heterocycles. The second kappa shape index (κ2) is 3.85. The molecule has 0 aromatic heterocycles. The van der Waals surface area contributed by atoms with E-state index >= 15 is 0 Å². The highest BCUT2D eigenvalue weighted by Gasteiger charge is 2.16. The molecule has 0 atom stereocenters. The van der Waals surface area contributed by atoms with E-state index in [1.165, 1.54) is 19.2 Å². The van der Waals surface area contributed by atoms with Crippen LogP contribution in [0.4, 0.5) is 5.69 Å². The minimum atomic E-state index is -0.593. The van der Waals surface area contributed by atoms with Crippen molar-refractivity contribution >= 4 is 34.9 Å². The van der Waals surface area contributed by atoms with Gasteiger partial charge in [-0.3, -0.25) is 0 Å². The van der Waals surface area contributed by atoms with Crippen molar-refractivity contribution in [3.63, 3.8) is 0 Å². The van der Waals surface area contributed by atoms with E-state index in [0.717, 1.165) is 0 Å². The fourth-order valence-corrected chi connectivity index (χ4v) is 1.28. The molecule has 1 aromatic carbocycles. The highest BCUT2D eigenvalue weighted by molar-refractivity contribution is 6.44. The Bertz CT molecular complexity index is 352. The second-order valence-corrected chi connectivity index (χ2v) is 3.10. The first-order valence-corrected chi connectivity index (χ1v) is 4.15. The highest BCUT2D eigenvalue weighted by atomic mass is 35.5. The average Bonchev–Trinajstić information content (AvgIpc) is 2.12. The van der Waals surface area contributed by atoms with Crippen molar-refractivity contribution in [2.75, 3.05) is 12.8 Å². The summed E-state index contributed by atoms with van der Waals surface area (Å²) in [5.41, 5.74) is 5.88. The quantitative estimate of drug-likeness (QED) is 0.583. The third kappa shape index (κ3) is 1.87. The molecule has 0 saturated carbocycles. The van der Waals surface area contributed by atoms with Gasteiger partial charge in [0.15, 0.2) is 0 Å². The predicted molar refractivity (Wildman–Crippen MR) is 52.2 cm³/mol. The van der Waals surface area contributed by atoms with E-state index in [-0.39, 0.29) is 21.3 Å². The van der Waals surface area contributed by atoms with Crippen LogP contribution >= 0.6 is 23.2 Å². The molecular formula is C8H7Cl2NO2. The first-order chi connectivity index (χ1) is 6.07. The minimum Gasteiger partial charge on any atom is -0.465 e. The van der Waals surface area contributed by atoms with Crippen LogP contribution in [-0.4, -0.2) is 13.1 Å². The van der Waals surface area contributed by atoms with Gasteiger partial charge in [0.25, 0.3) is 0 Å². The summed E-state index contributed by atoms with van der Waals surface area (Å²) in [5, 5.41) is 0.393. The van der Waals surface area contributed by atoms with Crippen LogP contribution in [0.3, 0.4) is 0 Å². The van der Waals surface area contributed by atoms with E-state index in [0.29, 0.717) is 0 Å². The van der Waals surface area contributed by atoms with Crippen LogP contribution in [0.15, 0.2) is 12.1 Å². The van der Waals surface area contributed by atoms with Crippen LogP contribution in [0.25, 0.3) is 0 Å². The molecule has 5 heteroatoms. The number of nitrogen functional groups attached to an aromatic ring is 1. The van der Waals surface area contributed by atoms with Gasteiger partial charge < -0.3 is 10.5 Å². The minimum absolute atomic E-state index is 0.108. The monoisotopic (exact) mass is 219 g/mol. The van der Waals surface area contributed by atoms with Crippen molar-refractivity contribution in [3.8, 4) is 0 Å². The smallest absolute Gasteiger partial charge is 0.341 e. The number of carbonyl (C=O) groups excluding carboxylic acids is 1. The Balaban J connectivity index is 3.33. The van der Waals surface area contributed by atoms with Gasteiger partial charge in [-0.25, -0.2) is 4.79 Å². The number of halogens is 2. The Kier molecular flexibility index (Phi) is 3.01. The van der Waals surface area contributed by atoms with E-state index in [4.69, 9.17) is 28.9 Å². The number of anilines is 1. The lowest BCUT2D eigenvalue weighted by Gasteiger charge is -2.06. The molecule has 0 fully saturated rings.